The fourth-order valence-corrected chi connectivity index (χ4v) is 4.70. The average molecular weight is 500 g/mol. The summed E-state index contributed by atoms with van der Waals surface area (Å²) in [5.41, 5.74) is 6.29. The van der Waals surface area contributed by atoms with Gasteiger partial charge in [0.15, 0.2) is 0 Å². The van der Waals surface area contributed by atoms with Crippen LogP contribution in [0.2, 0.25) is 0 Å². The Kier molecular flexibility index (Phi) is 8.07. The van der Waals surface area contributed by atoms with E-state index in [0.717, 1.165) is 35.3 Å². The van der Waals surface area contributed by atoms with Gasteiger partial charge in [-0.15, -0.1) is 0 Å². The van der Waals surface area contributed by atoms with Crippen LogP contribution in [0.1, 0.15) is 33.4 Å². The number of hydrogen-bond acceptors (Lipinski definition) is 3. The lowest BCUT2D eigenvalue weighted by atomic mass is 10.00. The van der Waals surface area contributed by atoms with Crippen LogP contribution in [0.4, 0.5) is 4.39 Å². The summed E-state index contributed by atoms with van der Waals surface area (Å²) in [7, 11) is 3.56. The molecule has 0 bridgehead atoms. The molecule has 0 atom stereocenters. The van der Waals surface area contributed by atoms with Gasteiger partial charge in [0.2, 0.25) is 5.91 Å². The van der Waals surface area contributed by atoms with Crippen LogP contribution in [0.15, 0.2) is 72.2 Å². The summed E-state index contributed by atoms with van der Waals surface area (Å²) >= 11 is 0. The van der Waals surface area contributed by atoms with Gasteiger partial charge in [-0.2, -0.15) is 0 Å². The van der Waals surface area contributed by atoms with Gasteiger partial charge in [0.1, 0.15) is 17.4 Å². The first kappa shape index (κ1) is 26.1. The monoisotopic (exact) mass is 499 g/mol. The molecule has 192 valence electrons. The Morgan fingerprint density at radius 3 is 2.32 bits per heavy atom. The topological polar surface area (TPSA) is 45.1 Å². The van der Waals surface area contributed by atoms with Crippen molar-refractivity contribution in [3.8, 4) is 5.75 Å². The first-order valence-electron chi connectivity index (χ1n) is 12.5. The molecule has 0 saturated heterocycles. The first-order valence-corrected chi connectivity index (χ1v) is 12.5. The number of likely N-dealkylation sites (N-methyl/N-ethyl adjacent to an activating group) is 1. The molecule has 37 heavy (non-hydrogen) atoms. The number of methoxy groups -OCH3 is 1. The standard InChI is InChI=1S/C31H34FN3O2/c1-21-17-25(11-12-28(21)32)23(3)33-31(24-9-7-6-8-10-24)34(4)20-30(36)35-15-13-26-18-22(2)29(37-5)19-27(26)14-16-35/h6-12,17-19H,3,13-16,20H2,1-2,4-5H3. The molecule has 4 rings (SSSR count). The summed E-state index contributed by atoms with van der Waals surface area (Å²) < 4.78 is 19.3. The van der Waals surface area contributed by atoms with E-state index in [9.17, 15) is 9.18 Å². The van der Waals surface area contributed by atoms with E-state index < -0.39 is 0 Å². The van der Waals surface area contributed by atoms with Gasteiger partial charge in [0.05, 0.1) is 19.4 Å². The molecule has 0 spiro atoms. The summed E-state index contributed by atoms with van der Waals surface area (Å²) in [6.07, 6.45) is 1.61. The fraction of sp³-hybridized carbons (Fsp3) is 0.290. The zero-order valence-electron chi connectivity index (χ0n) is 22.1. The predicted octanol–water partition coefficient (Wildman–Crippen LogP) is 5.43. The maximum Gasteiger partial charge on any atom is 0.242 e. The molecule has 0 saturated carbocycles. The van der Waals surface area contributed by atoms with Gasteiger partial charge in [-0.25, -0.2) is 9.38 Å². The molecule has 6 heteroatoms. The lowest BCUT2D eigenvalue weighted by molar-refractivity contribution is -0.131. The second-order valence-corrected chi connectivity index (χ2v) is 9.54. The average Bonchev–Trinajstić information content (AvgIpc) is 3.10. The summed E-state index contributed by atoms with van der Waals surface area (Å²) in [6.45, 7) is 9.41. The number of halogens is 1. The minimum atomic E-state index is -0.264. The third-order valence-corrected chi connectivity index (χ3v) is 6.87. The van der Waals surface area contributed by atoms with Gasteiger partial charge in [-0.1, -0.05) is 43.0 Å². The maximum absolute atomic E-state index is 13.8. The molecule has 0 fully saturated rings. The number of fused-ring (bicyclic) bond motifs is 1. The molecule has 1 aliphatic rings. The van der Waals surface area contributed by atoms with Crippen LogP contribution in [0.25, 0.3) is 5.70 Å². The number of carbonyl (C=O) groups is 1. The molecular weight excluding hydrogens is 465 g/mol. The number of amidine groups is 1. The zero-order valence-corrected chi connectivity index (χ0v) is 22.1. The van der Waals surface area contributed by atoms with Crippen LogP contribution in [0.5, 0.6) is 5.75 Å². The Labute approximate surface area is 218 Å². The van der Waals surface area contributed by atoms with Gasteiger partial charge < -0.3 is 14.5 Å². The highest BCUT2D eigenvalue weighted by Gasteiger charge is 2.22. The zero-order chi connectivity index (χ0) is 26.5. The molecule has 3 aromatic carbocycles. The molecule has 0 N–H and O–H groups in total. The second kappa shape index (κ2) is 11.4. The second-order valence-electron chi connectivity index (χ2n) is 9.54. The summed E-state index contributed by atoms with van der Waals surface area (Å²) in [4.78, 5) is 22.0. The van der Waals surface area contributed by atoms with Crippen molar-refractivity contribution in [2.45, 2.75) is 26.7 Å². The third kappa shape index (κ3) is 6.08. The van der Waals surface area contributed by atoms with Crippen molar-refractivity contribution in [1.29, 1.82) is 0 Å². The first-order chi connectivity index (χ1) is 17.8. The van der Waals surface area contributed by atoms with Crippen molar-refractivity contribution in [1.82, 2.24) is 9.80 Å². The highest BCUT2D eigenvalue weighted by atomic mass is 19.1. The minimum Gasteiger partial charge on any atom is -0.496 e. The molecule has 1 heterocycles. The van der Waals surface area contributed by atoms with E-state index >= 15 is 0 Å². The third-order valence-electron chi connectivity index (χ3n) is 6.87. The summed E-state index contributed by atoms with van der Waals surface area (Å²) in [6, 6.07) is 18.9. The van der Waals surface area contributed by atoms with Crippen LogP contribution in [0, 0.1) is 19.7 Å². The smallest absolute Gasteiger partial charge is 0.242 e. The number of benzene rings is 3. The van der Waals surface area contributed by atoms with Crippen LogP contribution in [0.3, 0.4) is 0 Å². The van der Waals surface area contributed by atoms with Crippen molar-refractivity contribution >= 4 is 17.4 Å². The van der Waals surface area contributed by atoms with Crippen molar-refractivity contribution in [2.24, 2.45) is 4.99 Å². The normalized spacial score (nSPS) is 13.5. The molecule has 0 unspecified atom stereocenters. The van der Waals surface area contributed by atoms with E-state index in [1.54, 1.807) is 26.2 Å². The van der Waals surface area contributed by atoms with E-state index in [0.29, 0.717) is 30.2 Å². The number of rotatable bonds is 6. The molecule has 0 aliphatic carbocycles. The SMILES string of the molecule is C=C(N=C(c1ccccc1)N(C)CC(=O)N1CCc2cc(C)c(OC)cc2CC1)c1ccc(F)c(C)c1. The molecular formula is C31H34FN3O2. The van der Waals surface area contributed by atoms with E-state index in [-0.39, 0.29) is 18.3 Å². The van der Waals surface area contributed by atoms with Gasteiger partial charge in [0, 0.05) is 31.3 Å². The highest BCUT2D eigenvalue weighted by Crippen LogP contribution is 2.26. The number of carbonyl (C=O) groups excluding carboxylic acids is 1. The number of nitrogens with zero attached hydrogens (tertiary/aromatic N) is 3. The number of hydrogen-bond donors (Lipinski definition) is 0. The molecule has 5 nitrogen and oxygen atoms in total. The van der Waals surface area contributed by atoms with E-state index in [1.165, 1.54) is 17.2 Å². The minimum absolute atomic E-state index is 0.0471. The largest absolute Gasteiger partial charge is 0.496 e. The predicted molar refractivity (Wildman–Crippen MR) is 147 cm³/mol. The van der Waals surface area contributed by atoms with E-state index in [2.05, 4.69) is 18.7 Å². The Bertz CT molecular complexity index is 1330. The molecule has 0 radical (unpaired) electrons. The molecule has 1 aliphatic heterocycles. The fourth-order valence-electron chi connectivity index (χ4n) is 4.70. The van der Waals surface area contributed by atoms with Crippen LogP contribution < -0.4 is 4.74 Å². The van der Waals surface area contributed by atoms with Gasteiger partial charge in [0.25, 0.3) is 0 Å². The van der Waals surface area contributed by atoms with Crippen LogP contribution in [-0.4, -0.2) is 55.3 Å². The van der Waals surface area contributed by atoms with Gasteiger partial charge in [-0.3, -0.25) is 4.79 Å². The molecule has 3 aromatic rings. The molecule has 1 amide bonds. The lowest BCUT2D eigenvalue weighted by Gasteiger charge is -2.26. The summed E-state index contributed by atoms with van der Waals surface area (Å²) in [5.74, 6) is 1.31. The Morgan fingerprint density at radius 2 is 1.68 bits per heavy atom. The Balaban J connectivity index is 1.52. The van der Waals surface area contributed by atoms with Crippen molar-refractivity contribution in [3.05, 3.63) is 106 Å². The Hall–Kier alpha value is -3.93. The van der Waals surface area contributed by atoms with Crippen LogP contribution in [-0.2, 0) is 17.6 Å². The lowest BCUT2D eigenvalue weighted by Crippen LogP contribution is -2.42. The van der Waals surface area contributed by atoms with Crippen molar-refractivity contribution in [3.63, 3.8) is 0 Å². The van der Waals surface area contributed by atoms with E-state index in [4.69, 9.17) is 9.73 Å². The van der Waals surface area contributed by atoms with Crippen LogP contribution >= 0.6 is 0 Å². The quantitative estimate of drug-likeness (QED) is 0.336. The highest BCUT2D eigenvalue weighted by molar-refractivity contribution is 6.03. The number of ether oxygens (including phenoxy) is 1. The maximum atomic E-state index is 13.8. The van der Waals surface area contributed by atoms with E-state index in [1.807, 2.05) is 54.1 Å². The van der Waals surface area contributed by atoms with Crippen molar-refractivity contribution in [2.75, 3.05) is 33.8 Å². The van der Waals surface area contributed by atoms with Gasteiger partial charge >= 0.3 is 0 Å². The van der Waals surface area contributed by atoms with Crippen molar-refractivity contribution < 1.29 is 13.9 Å². The molecule has 0 aromatic heterocycles. The number of aliphatic imine (C=N–C) groups is 1. The Morgan fingerprint density at radius 1 is 1.00 bits per heavy atom. The summed E-state index contributed by atoms with van der Waals surface area (Å²) in [5, 5.41) is 0. The number of amides is 1. The van der Waals surface area contributed by atoms with Gasteiger partial charge in [-0.05, 0) is 73.2 Å². The number of aryl methyl sites for hydroxylation is 2.